The van der Waals surface area contributed by atoms with Crippen molar-refractivity contribution in [1.29, 1.82) is 0 Å². The molecule has 1 aliphatic rings. The van der Waals surface area contributed by atoms with Gasteiger partial charge in [0, 0.05) is 52.7 Å². The molecular formula is C27H28N4O2. The van der Waals surface area contributed by atoms with Crippen molar-refractivity contribution in [2.75, 3.05) is 31.6 Å². The van der Waals surface area contributed by atoms with E-state index in [1.807, 2.05) is 61.7 Å². The van der Waals surface area contributed by atoms with Crippen LogP contribution in [0.2, 0.25) is 0 Å². The normalized spacial score (nSPS) is 15.5. The number of aryl methyl sites for hydroxylation is 2. The van der Waals surface area contributed by atoms with Crippen molar-refractivity contribution in [2.45, 2.75) is 19.9 Å². The maximum absolute atomic E-state index is 12.9. The number of morpholine rings is 1. The summed E-state index contributed by atoms with van der Waals surface area (Å²) in [6, 6.07) is 19.8. The molecule has 0 unspecified atom stereocenters. The van der Waals surface area contributed by atoms with Gasteiger partial charge in [-0.3, -0.25) is 14.7 Å². The van der Waals surface area contributed by atoms with Gasteiger partial charge in [-0.05, 0) is 55.8 Å². The Hall–Kier alpha value is -3.48. The minimum Gasteiger partial charge on any atom is -0.379 e. The Labute approximate surface area is 193 Å². The summed E-state index contributed by atoms with van der Waals surface area (Å²) >= 11 is 0. The molecule has 0 spiro atoms. The van der Waals surface area contributed by atoms with E-state index in [2.05, 4.69) is 34.3 Å². The lowest BCUT2D eigenvalue weighted by Gasteiger charge is -2.34. The Kier molecular flexibility index (Phi) is 5.94. The molecule has 2 aromatic heterocycles. The summed E-state index contributed by atoms with van der Waals surface area (Å²) in [5.41, 5.74) is 6.77. The number of hydrogen-bond donors (Lipinski definition) is 2. The highest BCUT2D eigenvalue weighted by Crippen LogP contribution is 2.37. The van der Waals surface area contributed by atoms with E-state index < -0.39 is 0 Å². The van der Waals surface area contributed by atoms with Crippen molar-refractivity contribution in [1.82, 2.24) is 14.9 Å². The molecule has 4 aromatic rings. The predicted molar refractivity (Wildman–Crippen MR) is 131 cm³/mol. The Morgan fingerprint density at radius 3 is 2.61 bits per heavy atom. The molecule has 5 rings (SSSR count). The monoisotopic (exact) mass is 440 g/mol. The second kappa shape index (κ2) is 9.17. The van der Waals surface area contributed by atoms with Crippen LogP contribution in [0, 0.1) is 13.8 Å². The smallest absolute Gasteiger partial charge is 0.255 e. The number of rotatable bonds is 5. The number of nitrogens with zero attached hydrogens (tertiary/aromatic N) is 2. The van der Waals surface area contributed by atoms with Crippen LogP contribution in [0.15, 0.2) is 66.9 Å². The van der Waals surface area contributed by atoms with Gasteiger partial charge < -0.3 is 15.0 Å². The van der Waals surface area contributed by atoms with Crippen LogP contribution in [0.5, 0.6) is 0 Å². The molecule has 168 valence electrons. The standard InChI is InChI=1S/C27H28N4O2/c1-18-7-3-4-8-21(18)27(32)30-20-10-11-23-22(17-20)25(19(2)29-23)26(24-9-5-6-12-28-24)31-13-15-33-16-14-31/h3-12,17,26,29H,13-16H2,1-2H3,(H,30,32)/t26-/m0/s1. The largest absolute Gasteiger partial charge is 0.379 e. The zero-order valence-electron chi connectivity index (χ0n) is 19.0. The molecule has 6 heteroatoms. The number of anilines is 1. The summed E-state index contributed by atoms with van der Waals surface area (Å²) in [4.78, 5) is 23.6. The highest BCUT2D eigenvalue weighted by atomic mass is 16.5. The summed E-state index contributed by atoms with van der Waals surface area (Å²) in [6.45, 7) is 7.17. The predicted octanol–water partition coefficient (Wildman–Crippen LogP) is 4.85. The van der Waals surface area contributed by atoms with Crippen LogP contribution in [-0.4, -0.2) is 47.1 Å². The van der Waals surface area contributed by atoms with E-state index in [1.165, 1.54) is 5.56 Å². The lowest BCUT2D eigenvalue weighted by Crippen LogP contribution is -2.40. The summed E-state index contributed by atoms with van der Waals surface area (Å²) in [7, 11) is 0. The van der Waals surface area contributed by atoms with Gasteiger partial charge in [-0.25, -0.2) is 0 Å². The molecule has 2 N–H and O–H groups in total. The fourth-order valence-electron chi connectivity index (χ4n) is 4.69. The molecule has 0 radical (unpaired) electrons. The Morgan fingerprint density at radius 1 is 1.06 bits per heavy atom. The number of ether oxygens (including phenoxy) is 1. The van der Waals surface area contributed by atoms with Gasteiger partial charge in [0.05, 0.1) is 24.9 Å². The zero-order valence-corrected chi connectivity index (χ0v) is 19.0. The lowest BCUT2D eigenvalue weighted by atomic mass is 9.97. The SMILES string of the molecule is Cc1ccccc1C(=O)Nc1ccc2[nH]c(C)c([C@H](c3ccccn3)N3CCOCC3)c2c1. The summed E-state index contributed by atoms with van der Waals surface area (Å²) in [6.07, 6.45) is 1.85. The van der Waals surface area contributed by atoms with Crippen LogP contribution in [0.4, 0.5) is 5.69 Å². The number of hydrogen-bond acceptors (Lipinski definition) is 4. The molecule has 6 nitrogen and oxygen atoms in total. The van der Waals surface area contributed by atoms with Gasteiger partial charge in [0.1, 0.15) is 0 Å². The van der Waals surface area contributed by atoms with E-state index in [-0.39, 0.29) is 11.9 Å². The summed E-state index contributed by atoms with van der Waals surface area (Å²) in [5.74, 6) is -0.101. The maximum Gasteiger partial charge on any atom is 0.255 e. The highest BCUT2D eigenvalue weighted by molar-refractivity contribution is 6.06. The van der Waals surface area contributed by atoms with Crippen molar-refractivity contribution in [3.63, 3.8) is 0 Å². The molecule has 0 saturated carbocycles. The molecule has 0 bridgehead atoms. The number of benzene rings is 2. The highest BCUT2D eigenvalue weighted by Gasteiger charge is 2.29. The van der Waals surface area contributed by atoms with Crippen molar-refractivity contribution in [2.24, 2.45) is 0 Å². The summed E-state index contributed by atoms with van der Waals surface area (Å²) < 4.78 is 5.62. The van der Waals surface area contributed by atoms with Crippen molar-refractivity contribution in [3.05, 3.63) is 94.9 Å². The third kappa shape index (κ3) is 4.27. The number of carbonyl (C=O) groups excluding carboxylic acids is 1. The number of H-pyrrole nitrogens is 1. The number of nitrogens with one attached hydrogen (secondary N) is 2. The van der Waals surface area contributed by atoms with Gasteiger partial charge in [0.2, 0.25) is 0 Å². The molecule has 1 fully saturated rings. The average molecular weight is 441 g/mol. The molecule has 2 aromatic carbocycles. The first-order chi connectivity index (χ1) is 16.1. The molecule has 0 aliphatic carbocycles. The Bertz CT molecular complexity index is 1280. The first-order valence-corrected chi connectivity index (χ1v) is 11.3. The number of fused-ring (bicyclic) bond motifs is 1. The van der Waals surface area contributed by atoms with E-state index in [0.717, 1.165) is 46.6 Å². The van der Waals surface area contributed by atoms with Crippen LogP contribution < -0.4 is 5.32 Å². The minimum absolute atomic E-state index is 0.00571. The number of carbonyl (C=O) groups is 1. The zero-order chi connectivity index (χ0) is 22.8. The second-order valence-electron chi connectivity index (χ2n) is 8.50. The van der Waals surface area contributed by atoms with Crippen LogP contribution in [0.25, 0.3) is 10.9 Å². The number of pyridine rings is 1. The van der Waals surface area contributed by atoms with Gasteiger partial charge in [0.15, 0.2) is 0 Å². The van der Waals surface area contributed by atoms with Gasteiger partial charge in [-0.1, -0.05) is 24.3 Å². The maximum atomic E-state index is 12.9. The first-order valence-electron chi connectivity index (χ1n) is 11.3. The van der Waals surface area contributed by atoms with E-state index in [4.69, 9.17) is 9.72 Å². The third-order valence-electron chi connectivity index (χ3n) is 6.34. The molecule has 1 saturated heterocycles. The van der Waals surface area contributed by atoms with Gasteiger partial charge >= 0.3 is 0 Å². The fraction of sp³-hybridized carbons (Fsp3) is 0.259. The molecule has 1 amide bonds. The first kappa shape index (κ1) is 21.4. The van der Waals surface area contributed by atoms with Crippen molar-refractivity contribution < 1.29 is 9.53 Å². The average Bonchev–Trinajstić information content (AvgIpc) is 3.16. The number of aromatic amines is 1. The molecule has 1 aliphatic heterocycles. The van der Waals surface area contributed by atoms with E-state index in [1.54, 1.807) is 0 Å². The van der Waals surface area contributed by atoms with Gasteiger partial charge in [-0.15, -0.1) is 0 Å². The quantitative estimate of drug-likeness (QED) is 0.465. The van der Waals surface area contributed by atoms with E-state index in [0.29, 0.717) is 18.8 Å². The third-order valence-corrected chi connectivity index (χ3v) is 6.34. The van der Waals surface area contributed by atoms with Crippen molar-refractivity contribution in [3.8, 4) is 0 Å². The molecule has 33 heavy (non-hydrogen) atoms. The second-order valence-corrected chi connectivity index (χ2v) is 8.50. The summed E-state index contributed by atoms with van der Waals surface area (Å²) in [5, 5.41) is 4.18. The van der Waals surface area contributed by atoms with Gasteiger partial charge in [-0.2, -0.15) is 0 Å². The van der Waals surface area contributed by atoms with Crippen LogP contribution in [-0.2, 0) is 4.74 Å². The topological polar surface area (TPSA) is 70.2 Å². The Morgan fingerprint density at radius 2 is 1.85 bits per heavy atom. The van der Waals surface area contributed by atoms with Crippen LogP contribution >= 0.6 is 0 Å². The number of aromatic nitrogens is 2. The fourth-order valence-corrected chi connectivity index (χ4v) is 4.69. The number of amides is 1. The van der Waals surface area contributed by atoms with Crippen LogP contribution in [0.3, 0.4) is 0 Å². The van der Waals surface area contributed by atoms with Gasteiger partial charge in [0.25, 0.3) is 5.91 Å². The lowest BCUT2D eigenvalue weighted by molar-refractivity contribution is 0.0234. The minimum atomic E-state index is -0.101. The van der Waals surface area contributed by atoms with Crippen molar-refractivity contribution >= 4 is 22.5 Å². The van der Waals surface area contributed by atoms with E-state index >= 15 is 0 Å². The molecular weight excluding hydrogens is 412 g/mol. The molecule has 3 heterocycles. The van der Waals surface area contributed by atoms with Crippen LogP contribution in [0.1, 0.15) is 38.9 Å². The Balaban J connectivity index is 1.56. The molecule has 1 atom stereocenters. The van der Waals surface area contributed by atoms with E-state index in [9.17, 15) is 4.79 Å².